The monoisotopic (exact) mass is 560 g/mol. The van der Waals surface area contributed by atoms with Crippen molar-refractivity contribution in [3.05, 3.63) is 57.3 Å². The summed E-state index contributed by atoms with van der Waals surface area (Å²) in [7, 11) is 0. The molecule has 1 N–H and O–H groups in total. The van der Waals surface area contributed by atoms with Crippen molar-refractivity contribution in [2.75, 3.05) is 44.3 Å². The molecule has 7 nitrogen and oxygen atoms in total. The van der Waals surface area contributed by atoms with E-state index >= 15 is 0 Å². The molecule has 2 aromatic rings. The van der Waals surface area contributed by atoms with Crippen LogP contribution >= 0.6 is 0 Å². The molecule has 1 fully saturated rings. The third-order valence-corrected chi connectivity index (χ3v) is 4.60. The van der Waals surface area contributed by atoms with E-state index in [1.807, 2.05) is 29.2 Å². The molecule has 0 bridgehead atoms. The molecule has 0 atom stereocenters. The van der Waals surface area contributed by atoms with Gasteiger partial charge in [0.2, 0.25) is 5.69 Å². The van der Waals surface area contributed by atoms with Crippen LogP contribution in [0.2, 0.25) is 0 Å². The smallest absolute Gasteiger partial charge is 0.336 e. The van der Waals surface area contributed by atoms with Gasteiger partial charge in [-0.25, -0.2) is 4.68 Å². The minimum absolute atomic E-state index is 0. The van der Waals surface area contributed by atoms with Crippen LogP contribution in [0.3, 0.4) is 0 Å². The fraction of sp³-hybridized carbons (Fsp3) is 0.381. The van der Waals surface area contributed by atoms with E-state index in [1.165, 1.54) is 10.9 Å². The first-order chi connectivity index (χ1) is 13.7. The van der Waals surface area contributed by atoms with Crippen LogP contribution in [0.15, 0.2) is 35.3 Å². The molecule has 3 rings (SSSR count). The van der Waals surface area contributed by atoms with E-state index in [-0.39, 0.29) is 26.6 Å². The number of hydrogen-bond donors (Lipinski definition) is 1. The zero-order chi connectivity index (χ0) is 19.8. The summed E-state index contributed by atoms with van der Waals surface area (Å²) >= 11 is 0. The van der Waals surface area contributed by atoms with Crippen LogP contribution in [0.5, 0.6) is 0 Å². The predicted molar refractivity (Wildman–Crippen MR) is 111 cm³/mol. The number of rotatable bonds is 6. The Balaban J connectivity index is 0.00000300. The van der Waals surface area contributed by atoms with Crippen molar-refractivity contribution in [1.29, 1.82) is 0 Å². The number of benzene rings is 1. The third kappa shape index (κ3) is 6.02. The van der Waals surface area contributed by atoms with Gasteiger partial charge in [-0.05, 0) is 11.8 Å². The van der Waals surface area contributed by atoms with Crippen LogP contribution in [-0.4, -0.2) is 54.1 Å². The number of nitrogens with one attached hydrogen (secondary N) is 1. The van der Waals surface area contributed by atoms with Gasteiger partial charge in [0.25, 0.3) is 12.1 Å². The Hall–Kier alpha value is -2.44. The molecule has 2 heterocycles. The molecule has 1 aromatic heterocycles. The molecule has 0 spiro atoms. The Labute approximate surface area is 185 Å². The van der Waals surface area contributed by atoms with Crippen LogP contribution in [0, 0.1) is 24.5 Å². The Morgan fingerprint density at radius 2 is 2.07 bits per heavy atom. The van der Waals surface area contributed by atoms with Gasteiger partial charge in [-0.1, -0.05) is 5.92 Å². The van der Waals surface area contributed by atoms with Gasteiger partial charge in [0.15, 0.2) is 0 Å². The van der Waals surface area contributed by atoms with Crippen molar-refractivity contribution in [2.45, 2.75) is 13.5 Å². The average molecular weight is 560 g/mol. The first-order valence-corrected chi connectivity index (χ1v) is 9.26. The predicted octanol–water partition coefficient (Wildman–Crippen LogP) is 1.38. The number of anilines is 1. The van der Waals surface area contributed by atoms with Gasteiger partial charge in [-0.15, -0.1) is 11.5 Å². The Kier molecular flexibility index (Phi) is 9.08. The van der Waals surface area contributed by atoms with Gasteiger partial charge in [-0.2, -0.15) is 35.4 Å². The Morgan fingerprint density at radius 1 is 1.34 bits per heavy atom. The van der Waals surface area contributed by atoms with Crippen molar-refractivity contribution in [3.8, 4) is 18.4 Å². The maximum Gasteiger partial charge on any atom is 0.388 e. The van der Waals surface area contributed by atoms with Crippen molar-refractivity contribution in [1.82, 2.24) is 20.0 Å². The van der Waals surface area contributed by atoms with Gasteiger partial charge in [0.05, 0.1) is 13.2 Å². The van der Waals surface area contributed by atoms with E-state index in [2.05, 4.69) is 38.1 Å². The molecular formula is C21H24N6OW. The fourth-order valence-corrected chi connectivity index (χ4v) is 3.14. The largest absolute Gasteiger partial charge is 0.388 e. The number of nitrogens with zero attached hydrogens (tertiary/aromatic N) is 5. The van der Waals surface area contributed by atoms with E-state index < -0.39 is 0 Å². The van der Waals surface area contributed by atoms with Crippen molar-refractivity contribution >= 4 is 11.4 Å². The normalized spacial score (nSPS) is 13.5. The Bertz CT molecular complexity index is 951. The second-order valence-corrected chi connectivity index (χ2v) is 6.51. The molecule has 1 saturated heterocycles. The molecule has 1 aromatic carbocycles. The molecule has 150 valence electrons. The topological polar surface area (TPSA) is 57.8 Å². The first kappa shape index (κ1) is 22.8. The second kappa shape index (κ2) is 11.5. The van der Waals surface area contributed by atoms with Crippen molar-refractivity contribution < 1.29 is 21.1 Å². The van der Waals surface area contributed by atoms with Crippen LogP contribution in [-0.2, 0) is 27.6 Å². The van der Waals surface area contributed by atoms with Gasteiger partial charge in [0.1, 0.15) is 6.20 Å². The SMILES string of the molecule is C#[N+]c1cnn(Cc2cc[c-]cc2)c(=O)c1N(CC#CC)CN1CCNCC1.[W]. The van der Waals surface area contributed by atoms with Crippen LogP contribution in [0.25, 0.3) is 4.85 Å². The van der Waals surface area contributed by atoms with E-state index in [1.54, 1.807) is 6.92 Å². The van der Waals surface area contributed by atoms with E-state index in [0.717, 1.165) is 31.7 Å². The maximum absolute atomic E-state index is 13.3. The molecule has 0 aliphatic carbocycles. The third-order valence-electron chi connectivity index (χ3n) is 4.60. The summed E-state index contributed by atoms with van der Waals surface area (Å²) in [6.45, 7) is 12.4. The molecule has 0 saturated carbocycles. The molecular weight excluding hydrogens is 536 g/mol. The van der Waals surface area contributed by atoms with E-state index in [9.17, 15) is 4.79 Å². The summed E-state index contributed by atoms with van der Waals surface area (Å²) in [5.41, 5.74) is 1.54. The number of aromatic nitrogens is 2. The standard InChI is InChI=1S/C21H24N6O.W/c1-3-4-12-26(17-25-13-10-23-11-14-25)20-19(22-2)15-24-27(21(20)28)16-18-8-6-5-7-9-18;/h2,6-9,15,23H,10-14,16-17H2,1H3;. The van der Waals surface area contributed by atoms with Crippen LogP contribution in [0.4, 0.5) is 11.4 Å². The number of hydrogen-bond acceptors (Lipinski definition) is 5. The number of piperazine rings is 1. The molecule has 0 amide bonds. The Morgan fingerprint density at radius 3 is 2.72 bits per heavy atom. The zero-order valence-corrected chi connectivity index (χ0v) is 19.4. The molecule has 8 heteroatoms. The second-order valence-electron chi connectivity index (χ2n) is 6.51. The quantitative estimate of drug-likeness (QED) is 0.428. The molecule has 29 heavy (non-hydrogen) atoms. The fourth-order valence-electron chi connectivity index (χ4n) is 3.14. The maximum atomic E-state index is 13.3. The van der Waals surface area contributed by atoms with Crippen molar-refractivity contribution in [2.24, 2.45) is 0 Å². The summed E-state index contributed by atoms with van der Waals surface area (Å²) in [6.07, 6.45) is 1.54. The molecule has 0 radical (unpaired) electrons. The van der Waals surface area contributed by atoms with Gasteiger partial charge < -0.3 is 10.2 Å². The molecule has 1 aliphatic heterocycles. The van der Waals surface area contributed by atoms with Crippen LogP contribution < -0.4 is 15.8 Å². The van der Waals surface area contributed by atoms with Gasteiger partial charge in [-0.3, -0.25) is 9.69 Å². The summed E-state index contributed by atoms with van der Waals surface area (Å²) < 4.78 is 1.43. The minimum atomic E-state index is -0.229. The minimum Gasteiger partial charge on any atom is -0.336 e. The molecule has 1 aliphatic rings. The van der Waals surface area contributed by atoms with Crippen molar-refractivity contribution in [3.63, 3.8) is 0 Å². The van der Waals surface area contributed by atoms with E-state index in [0.29, 0.717) is 31.1 Å². The zero-order valence-electron chi connectivity index (χ0n) is 16.5. The average Bonchev–Trinajstić information content (AvgIpc) is 2.74. The van der Waals surface area contributed by atoms with Crippen LogP contribution in [0.1, 0.15) is 12.5 Å². The summed E-state index contributed by atoms with van der Waals surface area (Å²) in [6, 6.07) is 10.4. The summed E-state index contributed by atoms with van der Waals surface area (Å²) in [5.74, 6) is 5.97. The van der Waals surface area contributed by atoms with Gasteiger partial charge in [0, 0.05) is 53.8 Å². The molecule has 0 unspecified atom stereocenters. The summed E-state index contributed by atoms with van der Waals surface area (Å²) in [5, 5.41) is 7.58. The first-order valence-electron chi connectivity index (χ1n) is 9.26. The van der Waals surface area contributed by atoms with E-state index in [4.69, 9.17) is 6.57 Å². The summed E-state index contributed by atoms with van der Waals surface area (Å²) in [4.78, 5) is 21.3. The van der Waals surface area contributed by atoms with Gasteiger partial charge >= 0.3 is 5.69 Å².